The minimum absolute atomic E-state index is 0.0386. The summed E-state index contributed by atoms with van der Waals surface area (Å²) in [6.07, 6.45) is 3.26. The minimum Gasteiger partial charge on any atom is -0.355 e. The van der Waals surface area contributed by atoms with Gasteiger partial charge in [0.2, 0.25) is 5.91 Å². The molecule has 2 aliphatic rings. The molecule has 0 aromatic rings. The zero-order chi connectivity index (χ0) is 11.9. The van der Waals surface area contributed by atoms with E-state index in [9.17, 15) is 4.79 Å². The average molecular weight is 257 g/mol. The summed E-state index contributed by atoms with van der Waals surface area (Å²) >= 11 is 2.04. The molecule has 0 aliphatic carbocycles. The minimum atomic E-state index is 0.0386. The molecule has 5 heteroatoms. The Bertz CT molecular complexity index is 244. The molecule has 1 amide bonds. The zero-order valence-corrected chi connectivity index (χ0v) is 11.2. The van der Waals surface area contributed by atoms with Crippen LogP contribution in [0.2, 0.25) is 0 Å². The van der Waals surface area contributed by atoms with E-state index in [1.165, 1.54) is 24.6 Å². The third kappa shape index (κ3) is 4.48. The summed E-state index contributed by atoms with van der Waals surface area (Å²) in [6.45, 7) is 5.25. The molecule has 2 saturated heterocycles. The molecule has 0 aromatic carbocycles. The first-order valence-corrected chi connectivity index (χ1v) is 7.83. The second-order valence-corrected chi connectivity index (χ2v) is 5.97. The third-order valence-electron chi connectivity index (χ3n) is 3.46. The molecule has 0 spiro atoms. The van der Waals surface area contributed by atoms with E-state index in [4.69, 9.17) is 0 Å². The second-order valence-electron chi connectivity index (χ2n) is 4.75. The van der Waals surface area contributed by atoms with Gasteiger partial charge in [0, 0.05) is 44.2 Å². The Hall–Kier alpha value is -0.260. The predicted octanol–water partition coefficient (Wildman–Crippen LogP) is 0.294. The monoisotopic (exact) mass is 257 g/mol. The van der Waals surface area contributed by atoms with Gasteiger partial charge in [-0.1, -0.05) is 0 Å². The Morgan fingerprint density at radius 2 is 2.18 bits per heavy atom. The van der Waals surface area contributed by atoms with Gasteiger partial charge in [-0.25, -0.2) is 0 Å². The molecule has 2 rings (SSSR count). The number of carbonyl (C=O) groups is 1. The van der Waals surface area contributed by atoms with E-state index < -0.39 is 0 Å². The van der Waals surface area contributed by atoms with Crippen LogP contribution in [0.3, 0.4) is 0 Å². The smallest absolute Gasteiger partial charge is 0.237 e. The van der Waals surface area contributed by atoms with Crippen LogP contribution in [0, 0.1) is 0 Å². The molecule has 4 nitrogen and oxygen atoms in total. The van der Waals surface area contributed by atoms with Crippen molar-refractivity contribution in [2.45, 2.75) is 25.3 Å². The third-order valence-corrected chi connectivity index (χ3v) is 4.40. The van der Waals surface area contributed by atoms with Crippen LogP contribution in [0.5, 0.6) is 0 Å². The summed E-state index contributed by atoms with van der Waals surface area (Å²) in [6, 6.07) is 0.0386. The highest BCUT2D eigenvalue weighted by molar-refractivity contribution is 7.99. The van der Waals surface area contributed by atoms with Crippen molar-refractivity contribution in [3.05, 3.63) is 0 Å². The Balaban J connectivity index is 1.64. The summed E-state index contributed by atoms with van der Waals surface area (Å²) in [5.74, 6) is 2.70. The number of hydrogen-bond donors (Lipinski definition) is 2. The second kappa shape index (κ2) is 7.24. The maximum absolute atomic E-state index is 11.7. The number of carbonyl (C=O) groups excluding carboxylic acids is 1. The quantitative estimate of drug-likeness (QED) is 0.760. The van der Waals surface area contributed by atoms with Crippen molar-refractivity contribution in [2.75, 3.05) is 44.2 Å². The van der Waals surface area contributed by atoms with Gasteiger partial charge in [0.05, 0.1) is 6.04 Å². The summed E-state index contributed by atoms with van der Waals surface area (Å²) in [7, 11) is 0. The summed E-state index contributed by atoms with van der Waals surface area (Å²) in [4.78, 5) is 14.2. The van der Waals surface area contributed by atoms with Gasteiger partial charge in [-0.3, -0.25) is 4.79 Å². The van der Waals surface area contributed by atoms with Crippen LogP contribution in [-0.2, 0) is 4.79 Å². The molecule has 0 radical (unpaired) electrons. The first-order valence-electron chi connectivity index (χ1n) is 6.67. The van der Waals surface area contributed by atoms with Gasteiger partial charge in [-0.2, -0.15) is 11.8 Å². The standard InChI is InChI=1S/C12H23N3OS/c16-12-11(3-1-2-4-14-12)13-5-6-15-7-9-17-10-8-15/h11,13H,1-10H2,(H,14,16). The number of nitrogens with one attached hydrogen (secondary N) is 2. The van der Waals surface area contributed by atoms with Gasteiger partial charge < -0.3 is 15.5 Å². The van der Waals surface area contributed by atoms with Crippen LogP contribution in [0.4, 0.5) is 0 Å². The number of nitrogens with zero attached hydrogens (tertiary/aromatic N) is 1. The van der Waals surface area contributed by atoms with E-state index in [2.05, 4.69) is 15.5 Å². The molecule has 0 aromatic heterocycles. The maximum atomic E-state index is 11.7. The van der Waals surface area contributed by atoms with Crippen molar-refractivity contribution in [1.29, 1.82) is 0 Å². The average Bonchev–Trinajstić information content (AvgIpc) is 2.56. The highest BCUT2D eigenvalue weighted by Crippen LogP contribution is 2.08. The lowest BCUT2D eigenvalue weighted by Crippen LogP contribution is -2.46. The molecule has 2 N–H and O–H groups in total. The summed E-state index contributed by atoms with van der Waals surface area (Å²) in [5.41, 5.74) is 0. The lowest BCUT2D eigenvalue weighted by molar-refractivity contribution is -0.122. The molecule has 2 heterocycles. The van der Waals surface area contributed by atoms with Crippen molar-refractivity contribution in [2.24, 2.45) is 0 Å². The first kappa shape index (κ1) is 13.2. The number of amides is 1. The highest BCUT2D eigenvalue weighted by atomic mass is 32.2. The fourth-order valence-electron chi connectivity index (χ4n) is 2.36. The molecular weight excluding hydrogens is 234 g/mol. The molecule has 1 atom stereocenters. The van der Waals surface area contributed by atoms with Crippen LogP contribution in [0.25, 0.3) is 0 Å². The molecule has 0 saturated carbocycles. The number of thioether (sulfide) groups is 1. The van der Waals surface area contributed by atoms with E-state index in [0.717, 1.165) is 38.9 Å². The molecule has 17 heavy (non-hydrogen) atoms. The normalized spacial score (nSPS) is 27.5. The van der Waals surface area contributed by atoms with Gasteiger partial charge in [-0.05, 0) is 19.3 Å². The van der Waals surface area contributed by atoms with Crippen LogP contribution < -0.4 is 10.6 Å². The molecule has 0 bridgehead atoms. The first-order chi connectivity index (χ1) is 8.36. The van der Waals surface area contributed by atoms with Crippen molar-refractivity contribution >= 4 is 17.7 Å². The van der Waals surface area contributed by atoms with Crippen LogP contribution in [-0.4, -0.2) is 61.1 Å². The van der Waals surface area contributed by atoms with E-state index >= 15 is 0 Å². The maximum Gasteiger partial charge on any atom is 0.237 e. The molecule has 2 aliphatic heterocycles. The SMILES string of the molecule is O=C1NCCCCC1NCCN1CCSCC1. The van der Waals surface area contributed by atoms with E-state index in [0.29, 0.717) is 0 Å². The zero-order valence-electron chi connectivity index (χ0n) is 10.4. The number of rotatable bonds is 4. The van der Waals surface area contributed by atoms with Crippen LogP contribution in [0.1, 0.15) is 19.3 Å². The topological polar surface area (TPSA) is 44.4 Å². The number of hydrogen-bond acceptors (Lipinski definition) is 4. The molecular formula is C12H23N3OS. The summed E-state index contributed by atoms with van der Waals surface area (Å²) in [5, 5.41) is 6.36. The fourth-order valence-corrected chi connectivity index (χ4v) is 3.33. The van der Waals surface area contributed by atoms with E-state index in [1.54, 1.807) is 0 Å². The van der Waals surface area contributed by atoms with Gasteiger partial charge in [0.15, 0.2) is 0 Å². The Morgan fingerprint density at radius 3 is 3.00 bits per heavy atom. The lowest BCUT2D eigenvalue weighted by atomic mass is 10.1. The Labute approximate surface area is 108 Å². The van der Waals surface area contributed by atoms with Crippen molar-refractivity contribution < 1.29 is 4.79 Å². The van der Waals surface area contributed by atoms with E-state index in [-0.39, 0.29) is 11.9 Å². The molecule has 2 fully saturated rings. The van der Waals surface area contributed by atoms with Gasteiger partial charge in [0.25, 0.3) is 0 Å². The van der Waals surface area contributed by atoms with Crippen LogP contribution >= 0.6 is 11.8 Å². The molecule has 1 unspecified atom stereocenters. The van der Waals surface area contributed by atoms with E-state index in [1.807, 2.05) is 11.8 Å². The Kier molecular flexibility index (Phi) is 5.61. The molecule has 98 valence electrons. The Morgan fingerprint density at radius 1 is 1.35 bits per heavy atom. The van der Waals surface area contributed by atoms with Gasteiger partial charge in [-0.15, -0.1) is 0 Å². The largest absolute Gasteiger partial charge is 0.355 e. The predicted molar refractivity (Wildman–Crippen MR) is 72.4 cm³/mol. The summed E-state index contributed by atoms with van der Waals surface area (Å²) < 4.78 is 0. The van der Waals surface area contributed by atoms with Crippen molar-refractivity contribution in [1.82, 2.24) is 15.5 Å². The van der Waals surface area contributed by atoms with Crippen molar-refractivity contribution in [3.8, 4) is 0 Å². The fraction of sp³-hybridized carbons (Fsp3) is 0.917. The van der Waals surface area contributed by atoms with Crippen LogP contribution in [0.15, 0.2) is 0 Å². The van der Waals surface area contributed by atoms with Gasteiger partial charge >= 0.3 is 0 Å². The lowest BCUT2D eigenvalue weighted by Gasteiger charge is -2.27. The van der Waals surface area contributed by atoms with Crippen molar-refractivity contribution in [3.63, 3.8) is 0 Å². The van der Waals surface area contributed by atoms with Gasteiger partial charge in [0.1, 0.15) is 0 Å². The highest BCUT2D eigenvalue weighted by Gasteiger charge is 2.19.